The van der Waals surface area contributed by atoms with E-state index in [1.807, 2.05) is 31.1 Å². The average molecular weight is 311 g/mol. The molecule has 0 spiro atoms. The molecular weight excluding hydrogens is 290 g/mol. The smallest absolute Gasteiger partial charge is 0.270 e. The highest BCUT2D eigenvalue weighted by molar-refractivity contribution is 5.93. The van der Waals surface area contributed by atoms with Crippen LogP contribution in [-0.2, 0) is 19.4 Å². The van der Waals surface area contributed by atoms with Gasteiger partial charge in [0.15, 0.2) is 0 Å². The first kappa shape index (κ1) is 15.4. The highest BCUT2D eigenvalue weighted by Crippen LogP contribution is 2.21. The summed E-state index contributed by atoms with van der Waals surface area (Å²) < 4.78 is 0. The van der Waals surface area contributed by atoms with Crippen LogP contribution in [0.4, 0.5) is 5.82 Å². The van der Waals surface area contributed by atoms with Gasteiger partial charge in [-0.3, -0.25) is 4.79 Å². The SMILES string of the molecule is CN(C)c1cc(CNC(=O)c2ncnc3c2CCCC3)ccn1. The van der Waals surface area contributed by atoms with Gasteiger partial charge in [0.25, 0.3) is 5.91 Å². The van der Waals surface area contributed by atoms with Crippen LogP contribution in [0.3, 0.4) is 0 Å². The zero-order valence-corrected chi connectivity index (χ0v) is 13.5. The van der Waals surface area contributed by atoms with Crippen molar-refractivity contribution >= 4 is 11.7 Å². The van der Waals surface area contributed by atoms with E-state index in [4.69, 9.17) is 0 Å². The van der Waals surface area contributed by atoms with E-state index in [0.717, 1.165) is 48.3 Å². The van der Waals surface area contributed by atoms with Crippen LogP contribution in [0.15, 0.2) is 24.7 Å². The lowest BCUT2D eigenvalue weighted by atomic mass is 9.94. The number of amides is 1. The minimum absolute atomic E-state index is 0.131. The number of anilines is 1. The van der Waals surface area contributed by atoms with Gasteiger partial charge in [-0.15, -0.1) is 0 Å². The van der Waals surface area contributed by atoms with Crippen molar-refractivity contribution in [2.24, 2.45) is 0 Å². The molecule has 3 rings (SSSR count). The third-order valence-electron chi connectivity index (χ3n) is 4.06. The summed E-state index contributed by atoms with van der Waals surface area (Å²) in [6.45, 7) is 0.459. The molecule has 0 aliphatic heterocycles. The number of carbonyl (C=O) groups is 1. The number of rotatable bonds is 4. The van der Waals surface area contributed by atoms with Crippen molar-refractivity contribution in [1.29, 1.82) is 0 Å². The van der Waals surface area contributed by atoms with Gasteiger partial charge in [0.1, 0.15) is 17.8 Å². The lowest BCUT2D eigenvalue weighted by molar-refractivity contribution is 0.0944. The van der Waals surface area contributed by atoms with E-state index < -0.39 is 0 Å². The Hall–Kier alpha value is -2.50. The van der Waals surface area contributed by atoms with E-state index in [9.17, 15) is 4.79 Å². The lowest BCUT2D eigenvalue weighted by Gasteiger charge is -2.17. The molecule has 23 heavy (non-hydrogen) atoms. The van der Waals surface area contributed by atoms with Crippen LogP contribution in [0.5, 0.6) is 0 Å². The fourth-order valence-electron chi connectivity index (χ4n) is 2.80. The Bertz CT molecular complexity index is 714. The number of aryl methyl sites for hydroxylation is 1. The maximum atomic E-state index is 12.5. The van der Waals surface area contributed by atoms with Gasteiger partial charge < -0.3 is 10.2 Å². The fourth-order valence-corrected chi connectivity index (χ4v) is 2.80. The first-order chi connectivity index (χ1) is 11.1. The van der Waals surface area contributed by atoms with Gasteiger partial charge in [0, 0.05) is 38.1 Å². The Kier molecular flexibility index (Phi) is 4.50. The first-order valence-corrected chi connectivity index (χ1v) is 7.88. The molecule has 0 saturated heterocycles. The molecule has 0 aromatic carbocycles. The molecule has 0 radical (unpaired) electrons. The Morgan fingerprint density at radius 3 is 2.87 bits per heavy atom. The van der Waals surface area contributed by atoms with Crippen LogP contribution in [0, 0.1) is 0 Å². The minimum atomic E-state index is -0.131. The second-order valence-electron chi connectivity index (χ2n) is 5.95. The molecule has 0 bridgehead atoms. The van der Waals surface area contributed by atoms with Crippen molar-refractivity contribution in [3.63, 3.8) is 0 Å². The van der Waals surface area contributed by atoms with E-state index in [0.29, 0.717) is 12.2 Å². The molecule has 6 nitrogen and oxygen atoms in total. The largest absolute Gasteiger partial charge is 0.363 e. The van der Waals surface area contributed by atoms with Crippen LogP contribution < -0.4 is 10.2 Å². The molecule has 1 aliphatic rings. The maximum Gasteiger partial charge on any atom is 0.270 e. The fraction of sp³-hybridized carbons (Fsp3) is 0.412. The molecule has 0 atom stereocenters. The van der Waals surface area contributed by atoms with Crippen molar-refractivity contribution in [1.82, 2.24) is 20.3 Å². The second kappa shape index (κ2) is 6.73. The molecule has 1 N–H and O–H groups in total. The molecule has 2 heterocycles. The summed E-state index contributed by atoms with van der Waals surface area (Å²) in [6.07, 6.45) is 7.30. The van der Waals surface area contributed by atoms with Gasteiger partial charge in [-0.1, -0.05) is 0 Å². The zero-order valence-electron chi connectivity index (χ0n) is 13.5. The standard InChI is InChI=1S/C17H21N5O/c1-22(2)15-9-12(7-8-18-15)10-19-17(23)16-13-5-3-4-6-14(13)20-11-21-16/h7-9,11H,3-6,10H2,1-2H3,(H,19,23). The second-order valence-corrected chi connectivity index (χ2v) is 5.95. The Morgan fingerprint density at radius 1 is 1.22 bits per heavy atom. The Labute approximate surface area is 136 Å². The summed E-state index contributed by atoms with van der Waals surface area (Å²) in [5.74, 6) is 0.741. The Balaban J connectivity index is 1.72. The number of nitrogens with one attached hydrogen (secondary N) is 1. The molecule has 0 unspecified atom stereocenters. The molecular formula is C17H21N5O. The third-order valence-corrected chi connectivity index (χ3v) is 4.06. The van der Waals surface area contributed by atoms with Crippen molar-refractivity contribution in [3.8, 4) is 0 Å². The average Bonchev–Trinajstić information content (AvgIpc) is 2.59. The molecule has 0 saturated carbocycles. The Morgan fingerprint density at radius 2 is 2.04 bits per heavy atom. The predicted molar refractivity (Wildman–Crippen MR) is 88.4 cm³/mol. The number of carbonyl (C=O) groups excluding carboxylic acids is 1. The van der Waals surface area contributed by atoms with Crippen molar-refractivity contribution in [2.45, 2.75) is 32.2 Å². The molecule has 1 aliphatic carbocycles. The third kappa shape index (κ3) is 3.47. The summed E-state index contributed by atoms with van der Waals surface area (Å²) >= 11 is 0. The maximum absolute atomic E-state index is 12.5. The number of pyridine rings is 1. The predicted octanol–water partition coefficient (Wildman–Crippen LogP) is 1.75. The molecule has 6 heteroatoms. The monoisotopic (exact) mass is 311 g/mol. The van der Waals surface area contributed by atoms with Gasteiger partial charge in [-0.25, -0.2) is 15.0 Å². The number of hydrogen-bond donors (Lipinski definition) is 1. The number of nitrogens with zero attached hydrogens (tertiary/aromatic N) is 4. The van der Waals surface area contributed by atoms with Gasteiger partial charge >= 0.3 is 0 Å². The quantitative estimate of drug-likeness (QED) is 0.931. The van der Waals surface area contributed by atoms with Gasteiger partial charge in [0.2, 0.25) is 0 Å². The van der Waals surface area contributed by atoms with Crippen LogP contribution in [0.2, 0.25) is 0 Å². The van der Waals surface area contributed by atoms with E-state index in [1.54, 1.807) is 6.20 Å². The molecule has 2 aromatic rings. The van der Waals surface area contributed by atoms with Crippen LogP contribution in [0.1, 0.15) is 40.2 Å². The number of hydrogen-bond acceptors (Lipinski definition) is 5. The lowest BCUT2D eigenvalue weighted by Crippen LogP contribution is -2.27. The summed E-state index contributed by atoms with van der Waals surface area (Å²) in [6, 6.07) is 3.87. The molecule has 120 valence electrons. The van der Waals surface area contributed by atoms with Crippen LogP contribution >= 0.6 is 0 Å². The summed E-state index contributed by atoms with van der Waals surface area (Å²) in [5, 5.41) is 2.96. The van der Waals surface area contributed by atoms with Crippen molar-refractivity contribution < 1.29 is 4.79 Å². The van der Waals surface area contributed by atoms with Gasteiger partial charge in [-0.2, -0.15) is 0 Å². The normalized spacial score (nSPS) is 13.3. The van der Waals surface area contributed by atoms with E-state index in [-0.39, 0.29) is 5.91 Å². The van der Waals surface area contributed by atoms with Crippen molar-refractivity contribution in [3.05, 3.63) is 47.2 Å². The summed E-state index contributed by atoms with van der Waals surface area (Å²) in [4.78, 5) is 27.2. The summed E-state index contributed by atoms with van der Waals surface area (Å²) in [5.41, 5.74) is 3.58. The molecule has 0 fully saturated rings. The van der Waals surface area contributed by atoms with E-state index >= 15 is 0 Å². The molecule has 2 aromatic heterocycles. The number of aromatic nitrogens is 3. The van der Waals surface area contributed by atoms with Crippen molar-refractivity contribution in [2.75, 3.05) is 19.0 Å². The van der Waals surface area contributed by atoms with E-state index in [1.165, 1.54) is 6.33 Å². The first-order valence-electron chi connectivity index (χ1n) is 7.88. The highest BCUT2D eigenvalue weighted by Gasteiger charge is 2.19. The van der Waals surface area contributed by atoms with Crippen LogP contribution in [0.25, 0.3) is 0 Å². The summed E-state index contributed by atoms with van der Waals surface area (Å²) in [7, 11) is 3.88. The van der Waals surface area contributed by atoms with Gasteiger partial charge in [0.05, 0.1) is 0 Å². The van der Waals surface area contributed by atoms with Crippen LogP contribution in [-0.4, -0.2) is 35.0 Å². The topological polar surface area (TPSA) is 71.0 Å². The molecule has 1 amide bonds. The minimum Gasteiger partial charge on any atom is -0.363 e. The highest BCUT2D eigenvalue weighted by atomic mass is 16.1. The van der Waals surface area contributed by atoms with E-state index in [2.05, 4.69) is 20.3 Å². The number of fused-ring (bicyclic) bond motifs is 1. The zero-order chi connectivity index (χ0) is 16.2. The van der Waals surface area contributed by atoms with Gasteiger partial charge in [-0.05, 0) is 43.4 Å².